The van der Waals surface area contributed by atoms with Crippen LogP contribution in [0.3, 0.4) is 0 Å². The molecule has 0 bridgehead atoms. The number of carbonyl (C=O) groups excluding carboxylic acids is 6. The summed E-state index contributed by atoms with van der Waals surface area (Å²) < 4.78 is 42.0. The molecule has 6 aliphatic heterocycles. The Hall–Kier alpha value is -11.3. The number of carbonyl (C=O) groups is 6. The summed E-state index contributed by atoms with van der Waals surface area (Å²) in [6.07, 6.45) is 7.05. The number of hydrogen-bond donors (Lipinski definition) is 1. The summed E-state index contributed by atoms with van der Waals surface area (Å²) >= 11 is 8.55. The van der Waals surface area contributed by atoms with Gasteiger partial charge in [-0.2, -0.15) is 0 Å². The molecule has 6 amide bonds. The number of non-ortho nitro benzene ring substituents is 1. The maximum Gasteiger partial charge on any atom is 0.276 e. The van der Waals surface area contributed by atoms with Crippen molar-refractivity contribution in [3.05, 3.63) is 316 Å². The molecular formula is C98H95N7O15S6. The quantitative estimate of drug-likeness (QED) is 0.0231. The predicted octanol–water partition coefficient (Wildman–Crippen LogP) is 15.0. The van der Waals surface area contributed by atoms with Crippen LogP contribution in [0.4, 0.5) is 5.69 Å². The molecule has 1 saturated carbocycles. The van der Waals surface area contributed by atoms with Crippen molar-refractivity contribution in [2.45, 2.75) is 121 Å². The fourth-order valence-corrected chi connectivity index (χ4v) is 19.0. The third-order valence-electron chi connectivity index (χ3n) is 20.1. The number of nitro groups is 1. The average molecular weight is 1800 g/mol. The molecule has 1 aliphatic carbocycles. The number of nitrogens with zero attached hydrogens (tertiary/aromatic N) is 7. The highest BCUT2D eigenvalue weighted by Crippen LogP contribution is 2.43. The summed E-state index contributed by atoms with van der Waals surface area (Å²) in [7, 11) is 7.73. The van der Waals surface area contributed by atoms with Crippen molar-refractivity contribution >= 4 is 113 Å². The van der Waals surface area contributed by atoms with E-state index < -0.39 is 41.5 Å². The van der Waals surface area contributed by atoms with Crippen LogP contribution >= 0.6 is 71.7 Å². The molecule has 0 spiro atoms. The van der Waals surface area contributed by atoms with Crippen molar-refractivity contribution in [2.24, 2.45) is 0 Å². The van der Waals surface area contributed by atoms with Gasteiger partial charge < -0.3 is 33.5 Å². The number of ether oxygens (including phenoxy) is 6. The minimum Gasteiger partial charge on any atom is -0.478 e. The Labute approximate surface area is 762 Å². The van der Waals surface area contributed by atoms with Gasteiger partial charge in [0.2, 0.25) is 6.10 Å². The highest BCUT2D eigenvalue weighted by atomic mass is 32.2. The molecule has 1 N–H and O–H groups in total. The molecule has 12 unspecified atom stereocenters. The molecule has 28 heteroatoms. The first-order valence-electron chi connectivity index (χ1n) is 40.4. The highest BCUT2D eigenvalue weighted by Gasteiger charge is 2.53. The van der Waals surface area contributed by atoms with Crippen molar-refractivity contribution in [1.29, 1.82) is 0 Å². The Balaban J connectivity index is 0.000000147. The standard InChI is InChI=1S/C19H17NO2S.C18H21NO2S.C18H15NO2S.C16H14N2O4S.C14H15NO3S.C13H13NO2S/c1-22-18-17(13-12-15-8-4-2-5-9-15)20(19(18)21)23-14-16-10-6-3-7-11-16;2*1-21-17-16(13-12-14-8-4-2-5-9-14)19(18(17)20)22-15-10-6-3-7-11-15;1-23-17-14(11-7-9-12(10-8-11)18(20)21)15(16(17)19)22-13-5-3-2-4-6-13;1-18-13-12(15(14(13)17)19-10-9-16)8-7-11-5-3-2-4-6-11;1-16-12-11(14(17-2)13(12)15)9-8-10-6-4-3-5-7-10/h2-11,17-18H,14H2,1H3;2,4-5,8-9,15-17H,3,6-7,10-11H2,1H3;2-11,16-17H,1H3;2-10,14-15H,1H3;2-6,12-13,16H,9-10H2,1H3;3-7,11-12H,1-2H3. The number of amides is 6. The van der Waals surface area contributed by atoms with Crippen LogP contribution in [0.1, 0.15) is 77.1 Å². The molecule has 7 aliphatic rings. The van der Waals surface area contributed by atoms with E-state index in [4.69, 9.17) is 33.5 Å². The van der Waals surface area contributed by atoms with Crippen LogP contribution in [0.2, 0.25) is 0 Å². The number of aliphatic hydroxyl groups excluding tert-OH is 1. The normalized spacial score (nSPS) is 21.5. The Bertz CT molecular complexity index is 5390. The lowest BCUT2D eigenvalue weighted by molar-refractivity contribution is -0.384. The molecule has 12 atom stereocenters. The van der Waals surface area contributed by atoms with Crippen LogP contribution in [0.15, 0.2) is 272 Å². The van der Waals surface area contributed by atoms with Crippen molar-refractivity contribution in [1.82, 2.24) is 25.8 Å². The maximum absolute atomic E-state index is 12.2. The minimum absolute atomic E-state index is 0.00707. The topological polar surface area (TPSA) is 241 Å². The van der Waals surface area contributed by atoms with Gasteiger partial charge in [-0.05, 0) is 181 Å². The van der Waals surface area contributed by atoms with Crippen LogP contribution in [-0.2, 0) is 58.2 Å². The predicted molar refractivity (Wildman–Crippen MR) is 498 cm³/mol. The molecule has 0 radical (unpaired) electrons. The van der Waals surface area contributed by atoms with Gasteiger partial charge >= 0.3 is 0 Å². The summed E-state index contributed by atoms with van der Waals surface area (Å²) in [6, 6.07) is 82.7. The Morgan fingerprint density at radius 3 is 1.09 bits per heavy atom. The maximum atomic E-state index is 12.2. The Morgan fingerprint density at radius 2 is 0.706 bits per heavy atom. The molecular weight excluding hydrogens is 1710 g/mol. The number of para-hydroxylation sites is 1. The zero-order valence-corrected chi connectivity index (χ0v) is 75.2. The number of rotatable bonds is 21. The minimum atomic E-state index is -0.619. The van der Waals surface area contributed by atoms with Gasteiger partial charge in [-0.15, -0.1) is 0 Å². The number of methoxy groups -OCH3 is 5. The molecule has 126 heavy (non-hydrogen) atoms. The molecule has 16 rings (SSSR count). The van der Waals surface area contributed by atoms with Crippen LogP contribution < -0.4 is 4.74 Å². The lowest BCUT2D eigenvalue weighted by Gasteiger charge is -2.44. The smallest absolute Gasteiger partial charge is 0.276 e. The SMILES string of the molecule is COC1C(=O)N(SC)C1C#Cc1ccccc1.COC1C(=O)N(SC2CCCCC2)C1C#Cc1ccccc1.COC1C(=O)N(SCCO)C1C#Cc1ccccc1.COC1C(=O)N(SCc2ccccc2)C1C#Cc1ccccc1.COC1C(=O)N(Sc2ccccc2)C1C#Cc1ccccc1.CSN1C(=O)C(Oc2ccccc2)C1c1ccc([N+](=O)[O-])cc1. The largest absolute Gasteiger partial charge is 0.478 e. The van der Waals surface area contributed by atoms with Gasteiger partial charge in [-0.3, -0.25) is 64.7 Å². The zero-order chi connectivity index (χ0) is 89.1. The van der Waals surface area contributed by atoms with E-state index in [0.717, 1.165) is 44.0 Å². The van der Waals surface area contributed by atoms with Gasteiger partial charge in [0.05, 0.1) is 11.5 Å². The first kappa shape index (κ1) is 95.3. The highest BCUT2D eigenvalue weighted by molar-refractivity contribution is 7.98. The van der Waals surface area contributed by atoms with Crippen LogP contribution in [0.5, 0.6) is 5.75 Å². The Morgan fingerprint density at radius 1 is 0.381 bits per heavy atom. The van der Waals surface area contributed by atoms with Gasteiger partial charge in [-0.25, -0.2) is 0 Å². The van der Waals surface area contributed by atoms with E-state index in [1.54, 1.807) is 79.1 Å². The van der Waals surface area contributed by atoms with Crippen molar-refractivity contribution in [3.8, 4) is 65.0 Å². The third-order valence-corrected chi connectivity index (χ3v) is 26.4. The monoisotopic (exact) mass is 1800 g/mol. The average Bonchev–Trinajstić information content (AvgIpc) is 0.771. The molecule has 0 aromatic heterocycles. The van der Waals surface area contributed by atoms with Gasteiger partial charge in [0, 0.05) is 110 Å². The number of hydrogen-bond acceptors (Lipinski definition) is 21. The van der Waals surface area contributed by atoms with Gasteiger partial charge in [-0.1, -0.05) is 248 Å². The van der Waals surface area contributed by atoms with Crippen LogP contribution in [-0.4, -0.2) is 204 Å². The summed E-state index contributed by atoms with van der Waals surface area (Å²) in [4.78, 5) is 83.3. The fraction of sp³-hybridized carbons (Fsp3) is 0.286. The number of aliphatic hydroxyl groups is 1. The molecule has 6 heterocycles. The summed E-state index contributed by atoms with van der Waals surface area (Å²) in [6.45, 7) is 0.0327. The molecule has 9 aromatic carbocycles. The second-order valence-electron chi connectivity index (χ2n) is 28.3. The molecule has 9 aromatic rings. The number of β-lactam (4-membered cyclic amide) rings is 6. The molecule has 648 valence electrons. The first-order valence-corrected chi connectivity index (χ1v) is 46.2. The molecule has 6 saturated heterocycles. The lowest BCUT2D eigenvalue weighted by Crippen LogP contribution is -2.62. The first-order chi connectivity index (χ1) is 61.5. The van der Waals surface area contributed by atoms with Gasteiger partial charge in [0.15, 0.2) is 30.5 Å². The summed E-state index contributed by atoms with van der Waals surface area (Å²) in [5.74, 6) is 32.8. The summed E-state index contributed by atoms with van der Waals surface area (Å²) in [5.41, 5.74) is 6.71. The second kappa shape index (κ2) is 49.5. The van der Waals surface area contributed by atoms with Crippen molar-refractivity contribution in [3.63, 3.8) is 0 Å². The number of nitro benzene ring substituents is 1. The summed E-state index contributed by atoms with van der Waals surface area (Å²) in [5, 5.41) is 20.1. The van der Waals surface area contributed by atoms with Gasteiger partial charge in [0.25, 0.3) is 41.1 Å². The van der Waals surface area contributed by atoms with E-state index in [-0.39, 0.29) is 84.0 Å². The van der Waals surface area contributed by atoms with Crippen LogP contribution in [0.25, 0.3) is 0 Å². The van der Waals surface area contributed by atoms with Crippen molar-refractivity contribution < 1.29 is 67.2 Å². The Kier molecular flexibility index (Phi) is 37.5. The van der Waals surface area contributed by atoms with E-state index in [1.165, 1.54) is 124 Å². The van der Waals surface area contributed by atoms with E-state index in [2.05, 4.69) is 71.3 Å². The third kappa shape index (κ3) is 25.5. The van der Waals surface area contributed by atoms with E-state index in [1.807, 2.05) is 235 Å². The fourth-order valence-electron chi connectivity index (χ4n) is 13.4. The zero-order valence-electron chi connectivity index (χ0n) is 70.3. The number of benzene rings is 9. The molecule has 22 nitrogen and oxygen atoms in total. The van der Waals surface area contributed by atoms with E-state index in [9.17, 15) is 38.9 Å². The van der Waals surface area contributed by atoms with E-state index >= 15 is 0 Å². The van der Waals surface area contributed by atoms with Crippen molar-refractivity contribution in [2.75, 3.05) is 60.4 Å². The van der Waals surface area contributed by atoms with Crippen LogP contribution in [0, 0.1) is 69.3 Å². The molecule has 7 fully saturated rings. The second-order valence-corrected chi connectivity index (χ2v) is 34.1. The van der Waals surface area contributed by atoms with E-state index in [0.29, 0.717) is 16.8 Å². The lowest BCUT2D eigenvalue weighted by atomic mass is 9.93. The van der Waals surface area contributed by atoms with Gasteiger partial charge in [0.1, 0.15) is 42.0 Å².